The number of aliphatic carboxylic acids is 1. The van der Waals surface area contributed by atoms with Crippen LogP contribution in [0.15, 0.2) is 0 Å². The molecule has 4 heteroatoms. The van der Waals surface area contributed by atoms with Crippen molar-refractivity contribution in [2.75, 3.05) is 13.1 Å². The fraction of sp³-hybridized carbons (Fsp3) is 0.857. The molecule has 0 radical (unpaired) electrons. The first-order valence-corrected chi connectivity index (χ1v) is 6.99. The number of likely N-dealkylation sites (tertiary alicyclic amines) is 1. The van der Waals surface area contributed by atoms with Crippen LogP contribution < -0.4 is 0 Å². The van der Waals surface area contributed by atoms with Crippen LogP contribution in [0, 0.1) is 23.7 Å². The minimum atomic E-state index is -0.745. The molecule has 4 atom stereocenters. The van der Waals surface area contributed by atoms with Crippen molar-refractivity contribution in [1.29, 1.82) is 0 Å². The first-order chi connectivity index (χ1) is 8.47. The van der Waals surface area contributed by atoms with Crippen LogP contribution in [0.4, 0.5) is 0 Å². The molecule has 1 aliphatic carbocycles. The molecule has 2 fully saturated rings. The van der Waals surface area contributed by atoms with Crippen LogP contribution in [-0.2, 0) is 9.59 Å². The van der Waals surface area contributed by atoms with Gasteiger partial charge in [0.05, 0.1) is 5.92 Å². The topological polar surface area (TPSA) is 57.6 Å². The van der Waals surface area contributed by atoms with Crippen LogP contribution in [-0.4, -0.2) is 35.0 Å². The number of hydrogen-bond acceptors (Lipinski definition) is 2. The maximum atomic E-state index is 12.4. The second kappa shape index (κ2) is 5.29. The molecule has 0 spiro atoms. The molecule has 18 heavy (non-hydrogen) atoms. The summed E-state index contributed by atoms with van der Waals surface area (Å²) in [5.74, 6) is 0.216. The molecule has 1 heterocycles. The lowest BCUT2D eigenvalue weighted by Crippen LogP contribution is -2.45. The van der Waals surface area contributed by atoms with Gasteiger partial charge in [0.25, 0.3) is 0 Å². The van der Waals surface area contributed by atoms with Gasteiger partial charge >= 0.3 is 5.97 Å². The summed E-state index contributed by atoms with van der Waals surface area (Å²) in [6.45, 7) is 6.06. The van der Waals surface area contributed by atoms with Crippen molar-refractivity contribution in [1.82, 2.24) is 4.90 Å². The highest BCUT2D eigenvalue weighted by Gasteiger charge is 2.37. The molecular formula is C14H23NO3. The van der Waals surface area contributed by atoms with Gasteiger partial charge in [-0.2, -0.15) is 0 Å². The van der Waals surface area contributed by atoms with E-state index in [0.29, 0.717) is 24.7 Å². The number of amides is 1. The number of carboxylic acid groups (broad SMARTS) is 1. The van der Waals surface area contributed by atoms with Gasteiger partial charge < -0.3 is 10.0 Å². The van der Waals surface area contributed by atoms with E-state index in [4.69, 9.17) is 5.11 Å². The second-order valence-corrected chi connectivity index (χ2v) is 6.23. The average Bonchev–Trinajstić information content (AvgIpc) is 2.75. The molecule has 0 aromatic heterocycles. The van der Waals surface area contributed by atoms with Crippen LogP contribution in [0.1, 0.15) is 39.5 Å². The van der Waals surface area contributed by atoms with Crippen molar-refractivity contribution in [3.8, 4) is 0 Å². The maximum Gasteiger partial charge on any atom is 0.306 e. The molecular weight excluding hydrogens is 230 g/mol. The Morgan fingerprint density at radius 1 is 1.00 bits per heavy atom. The van der Waals surface area contributed by atoms with E-state index < -0.39 is 5.97 Å². The summed E-state index contributed by atoms with van der Waals surface area (Å²) in [6, 6.07) is 0. The number of nitrogens with zero attached hydrogens (tertiary/aromatic N) is 1. The van der Waals surface area contributed by atoms with Gasteiger partial charge in [0.1, 0.15) is 0 Å². The van der Waals surface area contributed by atoms with Crippen LogP contribution in [0.3, 0.4) is 0 Å². The number of hydrogen-bond donors (Lipinski definition) is 1. The van der Waals surface area contributed by atoms with Crippen LogP contribution in [0.5, 0.6) is 0 Å². The quantitative estimate of drug-likeness (QED) is 0.818. The summed E-state index contributed by atoms with van der Waals surface area (Å²) < 4.78 is 0. The van der Waals surface area contributed by atoms with E-state index in [-0.39, 0.29) is 17.7 Å². The molecule has 0 aromatic carbocycles. The van der Waals surface area contributed by atoms with Crippen molar-refractivity contribution in [3.63, 3.8) is 0 Å². The summed E-state index contributed by atoms with van der Waals surface area (Å²) in [6.07, 6.45) is 3.12. The highest BCUT2D eigenvalue weighted by atomic mass is 16.4. The molecule has 1 amide bonds. The molecule has 2 aliphatic rings. The van der Waals surface area contributed by atoms with E-state index in [1.807, 2.05) is 4.90 Å². The van der Waals surface area contributed by atoms with Crippen LogP contribution in [0.25, 0.3) is 0 Å². The summed E-state index contributed by atoms with van der Waals surface area (Å²) in [4.78, 5) is 25.3. The highest BCUT2D eigenvalue weighted by molar-refractivity contribution is 5.81. The SMILES string of the molecule is CC1CC(C)CN(C(=O)[C@@H]2CC[C@H](C(=O)O)C2)C1. The second-order valence-electron chi connectivity index (χ2n) is 6.23. The minimum Gasteiger partial charge on any atom is -0.481 e. The van der Waals surface area contributed by atoms with Gasteiger partial charge in [0, 0.05) is 19.0 Å². The Kier molecular flexibility index (Phi) is 3.93. The van der Waals surface area contributed by atoms with Gasteiger partial charge in [-0.1, -0.05) is 13.8 Å². The number of rotatable bonds is 2. The molecule has 2 unspecified atom stereocenters. The largest absolute Gasteiger partial charge is 0.481 e. The van der Waals surface area contributed by atoms with Gasteiger partial charge in [-0.25, -0.2) is 0 Å². The van der Waals surface area contributed by atoms with E-state index in [1.165, 1.54) is 6.42 Å². The molecule has 0 aromatic rings. The van der Waals surface area contributed by atoms with Crippen molar-refractivity contribution in [2.24, 2.45) is 23.7 Å². The van der Waals surface area contributed by atoms with Crippen molar-refractivity contribution >= 4 is 11.9 Å². The van der Waals surface area contributed by atoms with E-state index in [0.717, 1.165) is 19.5 Å². The zero-order valence-corrected chi connectivity index (χ0v) is 11.3. The fourth-order valence-corrected chi connectivity index (χ4v) is 3.53. The third-order valence-electron chi connectivity index (χ3n) is 4.31. The van der Waals surface area contributed by atoms with Gasteiger partial charge in [-0.15, -0.1) is 0 Å². The van der Waals surface area contributed by atoms with E-state index in [9.17, 15) is 9.59 Å². The number of carboxylic acids is 1. The summed E-state index contributed by atoms with van der Waals surface area (Å²) in [5, 5.41) is 8.98. The Hall–Kier alpha value is -1.06. The Balaban J connectivity index is 1.93. The third kappa shape index (κ3) is 2.85. The Bertz CT molecular complexity index is 332. The molecule has 1 aliphatic heterocycles. The molecule has 1 N–H and O–H groups in total. The molecule has 0 bridgehead atoms. The van der Waals surface area contributed by atoms with Gasteiger partial charge in [0.2, 0.25) is 5.91 Å². The molecule has 2 rings (SSSR count). The maximum absolute atomic E-state index is 12.4. The lowest BCUT2D eigenvalue weighted by atomic mass is 9.90. The Morgan fingerprint density at radius 3 is 2.06 bits per heavy atom. The Labute approximate surface area is 108 Å². The molecule has 4 nitrogen and oxygen atoms in total. The minimum absolute atomic E-state index is 0.0522. The molecule has 1 saturated heterocycles. The van der Waals surface area contributed by atoms with E-state index >= 15 is 0 Å². The predicted molar refractivity (Wildman–Crippen MR) is 68.0 cm³/mol. The first kappa shape index (κ1) is 13.4. The standard InChI is InChI=1S/C14H23NO3/c1-9-5-10(2)8-15(7-9)13(16)11-3-4-12(6-11)14(17)18/h9-12H,3-8H2,1-2H3,(H,17,18)/t9?,10?,11-,12+/m1/s1. The van der Waals surface area contributed by atoms with Crippen molar-refractivity contribution in [3.05, 3.63) is 0 Å². The van der Waals surface area contributed by atoms with Crippen LogP contribution in [0.2, 0.25) is 0 Å². The van der Waals surface area contributed by atoms with Crippen molar-refractivity contribution < 1.29 is 14.7 Å². The normalized spacial score (nSPS) is 36.7. The van der Waals surface area contributed by atoms with E-state index in [2.05, 4.69) is 13.8 Å². The number of carbonyl (C=O) groups is 2. The lowest BCUT2D eigenvalue weighted by Gasteiger charge is -2.36. The molecule has 102 valence electrons. The van der Waals surface area contributed by atoms with Crippen molar-refractivity contribution in [2.45, 2.75) is 39.5 Å². The average molecular weight is 253 g/mol. The fourth-order valence-electron chi connectivity index (χ4n) is 3.53. The van der Waals surface area contributed by atoms with Crippen LogP contribution >= 0.6 is 0 Å². The van der Waals surface area contributed by atoms with Gasteiger partial charge in [-0.05, 0) is 37.5 Å². The highest BCUT2D eigenvalue weighted by Crippen LogP contribution is 2.33. The smallest absolute Gasteiger partial charge is 0.306 e. The molecule has 1 saturated carbocycles. The Morgan fingerprint density at radius 2 is 1.56 bits per heavy atom. The van der Waals surface area contributed by atoms with Gasteiger partial charge in [-0.3, -0.25) is 9.59 Å². The van der Waals surface area contributed by atoms with Gasteiger partial charge in [0.15, 0.2) is 0 Å². The predicted octanol–water partition coefficient (Wildman–Crippen LogP) is 1.99. The summed E-state index contributed by atoms with van der Waals surface area (Å²) in [7, 11) is 0. The summed E-state index contributed by atoms with van der Waals surface area (Å²) >= 11 is 0. The number of piperidine rings is 1. The van der Waals surface area contributed by atoms with E-state index in [1.54, 1.807) is 0 Å². The third-order valence-corrected chi connectivity index (χ3v) is 4.31. The zero-order chi connectivity index (χ0) is 13.3. The zero-order valence-electron chi connectivity index (χ0n) is 11.3. The number of carbonyl (C=O) groups excluding carboxylic acids is 1. The summed E-state index contributed by atoms with van der Waals surface area (Å²) in [5.41, 5.74) is 0. The monoisotopic (exact) mass is 253 g/mol. The lowest BCUT2D eigenvalue weighted by molar-refractivity contribution is -0.142. The first-order valence-electron chi connectivity index (χ1n) is 6.99.